The highest BCUT2D eigenvalue weighted by Crippen LogP contribution is 2.17. The Kier molecular flexibility index (Phi) is 3.19. The number of amides is 1. The van der Waals surface area contributed by atoms with Gasteiger partial charge in [-0.1, -0.05) is 0 Å². The Morgan fingerprint density at radius 2 is 1.67 bits per heavy atom. The van der Waals surface area contributed by atoms with E-state index >= 15 is 0 Å². The van der Waals surface area contributed by atoms with Crippen molar-refractivity contribution in [3.05, 3.63) is 53.6 Å². The van der Waals surface area contributed by atoms with Crippen molar-refractivity contribution >= 4 is 23.0 Å². The van der Waals surface area contributed by atoms with Gasteiger partial charge in [-0.15, -0.1) is 0 Å². The summed E-state index contributed by atoms with van der Waals surface area (Å²) in [6.45, 7) is 1.93. The topological polar surface area (TPSA) is 81.1 Å². The predicted molar refractivity (Wildman–Crippen MR) is 74.4 cm³/mol. The number of carbonyl (C=O) groups excluding carboxylic acids is 1. The zero-order valence-corrected chi connectivity index (χ0v) is 10.1. The number of carbonyl (C=O) groups is 1. The third-order valence-electron chi connectivity index (χ3n) is 2.53. The SMILES string of the molecule is Cc1cc(N)cc(NC(=O)c2ccc(N)cc2)c1. The van der Waals surface area contributed by atoms with Crippen molar-refractivity contribution in [2.75, 3.05) is 16.8 Å². The van der Waals surface area contributed by atoms with E-state index in [1.54, 1.807) is 30.3 Å². The Labute approximate surface area is 106 Å². The van der Waals surface area contributed by atoms with Crippen LogP contribution in [-0.2, 0) is 0 Å². The summed E-state index contributed by atoms with van der Waals surface area (Å²) in [5.41, 5.74) is 14.8. The van der Waals surface area contributed by atoms with Gasteiger partial charge in [0.15, 0.2) is 0 Å². The molecular weight excluding hydrogens is 226 g/mol. The van der Waals surface area contributed by atoms with Gasteiger partial charge in [0.05, 0.1) is 0 Å². The highest BCUT2D eigenvalue weighted by Gasteiger charge is 2.06. The number of nitrogen functional groups attached to an aromatic ring is 2. The molecule has 0 aliphatic heterocycles. The summed E-state index contributed by atoms with van der Waals surface area (Å²) in [6, 6.07) is 12.2. The number of hydrogen-bond donors (Lipinski definition) is 3. The zero-order valence-electron chi connectivity index (χ0n) is 10.1. The molecule has 0 atom stereocenters. The van der Waals surface area contributed by atoms with Crippen LogP contribution in [0.5, 0.6) is 0 Å². The summed E-state index contributed by atoms with van der Waals surface area (Å²) < 4.78 is 0. The van der Waals surface area contributed by atoms with Gasteiger partial charge in [-0.3, -0.25) is 4.79 Å². The van der Waals surface area contributed by atoms with E-state index in [1.807, 2.05) is 19.1 Å². The summed E-state index contributed by atoms with van der Waals surface area (Å²) in [7, 11) is 0. The van der Waals surface area contributed by atoms with Crippen LogP contribution >= 0.6 is 0 Å². The minimum absolute atomic E-state index is 0.181. The quantitative estimate of drug-likeness (QED) is 0.706. The molecule has 4 nitrogen and oxygen atoms in total. The molecule has 0 spiro atoms. The summed E-state index contributed by atoms with van der Waals surface area (Å²) in [4.78, 5) is 12.0. The van der Waals surface area contributed by atoms with Gasteiger partial charge in [-0.25, -0.2) is 0 Å². The van der Waals surface area contributed by atoms with Crippen molar-refractivity contribution in [3.63, 3.8) is 0 Å². The molecule has 0 fully saturated rings. The van der Waals surface area contributed by atoms with Crippen LogP contribution in [0.25, 0.3) is 0 Å². The summed E-state index contributed by atoms with van der Waals surface area (Å²) in [6.07, 6.45) is 0. The van der Waals surface area contributed by atoms with E-state index < -0.39 is 0 Å². The zero-order chi connectivity index (χ0) is 13.1. The van der Waals surface area contributed by atoms with Crippen LogP contribution in [0.15, 0.2) is 42.5 Å². The lowest BCUT2D eigenvalue weighted by molar-refractivity contribution is 0.102. The van der Waals surface area contributed by atoms with E-state index in [4.69, 9.17) is 11.5 Å². The molecule has 1 amide bonds. The van der Waals surface area contributed by atoms with Gasteiger partial charge < -0.3 is 16.8 Å². The molecule has 0 heterocycles. The van der Waals surface area contributed by atoms with E-state index in [1.165, 1.54) is 0 Å². The van der Waals surface area contributed by atoms with E-state index in [0.717, 1.165) is 5.56 Å². The Morgan fingerprint density at radius 3 is 2.28 bits per heavy atom. The Balaban J connectivity index is 2.18. The highest BCUT2D eigenvalue weighted by molar-refractivity contribution is 6.04. The molecule has 2 aromatic carbocycles. The first-order valence-electron chi connectivity index (χ1n) is 5.58. The predicted octanol–water partition coefficient (Wildman–Crippen LogP) is 2.41. The largest absolute Gasteiger partial charge is 0.399 e. The molecule has 5 N–H and O–H groups in total. The molecule has 0 saturated carbocycles. The molecule has 0 unspecified atom stereocenters. The lowest BCUT2D eigenvalue weighted by Gasteiger charge is -2.07. The number of nitrogens with one attached hydrogen (secondary N) is 1. The van der Waals surface area contributed by atoms with Crippen LogP contribution in [0.1, 0.15) is 15.9 Å². The van der Waals surface area contributed by atoms with Gasteiger partial charge in [-0.2, -0.15) is 0 Å². The van der Waals surface area contributed by atoms with Crippen LogP contribution < -0.4 is 16.8 Å². The van der Waals surface area contributed by atoms with E-state index in [9.17, 15) is 4.79 Å². The van der Waals surface area contributed by atoms with E-state index in [2.05, 4.69) is 5.32 Å². The van der Waals surface area contributed by atoms with Crippen molar-refractivity contribution in [2.45, 2.75) is 6.92 Å². The Morgan fingerprint density at radius 1 is 1.00 bits per heavy atom. The Hall–Kier alpha value is -2.49. The molecule has 0 radical (unpaired) electrons. The monoisotopic (exact) mass is 241 g/mol. The molecule has 4 heteroatoms. The van der Waals surface area contributed by atoms with Gasteiger partial charge >= 0.3 is 0 Å². The number of benzene rings is 2. The third-order valence-corrected chi connectivity index (χ3v) is 2.53. The number of hydrogen-bond acceptors (Lipinski definition) is 3. The van der Waals surface area contributed by atoms with E-state index in [0.29, 0.717) is 22.6 Å². The number of rotatable bonds is 2. The number of aryl methyl sites for hydroxylation is 1. The summed E-state index contributed by atoms with van der Waals surface area (Å²) in [5.74, 6) is -0.181. The van der Waals surface area contributed by atoms with Crippen LogP contribution in [0.2, 0.25) is 0 Å². The van der Waals surface area contributed by atoms with Crippen LogP contribution in [0.3, 0.4) is 0 Å². The van der Waals surface area contributed by atoms with Gasteiger partial charge in [0.1, 0.15) is 0 Å². The van der Waals surface area contributed by atoms with Crippen LogP contribution in [0.4, 0.5) is 17.1 Å². The van der Waals surface area contributed by atoms with E-state index in [-0.39, 0.29) is 5.91 Å². The summed E-state index contributed by atoms with van der Waals surface area (Å²) >= 11 is 0. The second-order valence-corrected chi connectivity index (χ2v) is 4.21. The first-order valence-corrected chi connectivity index (χ1v) is 5.58. The standard InChI is InChI=1S/C14H15N3O/c1-9-6-12(16)8-13(7-9)17-14(18)10-2-4-11(15)5-3-10/h2-8H,15-16H2,1H3,(H,17,18). The van der Waals surface area contributed by atoms with Crippen molar-refractivity contribution < 1.29 is 4.79 Å². The molecule has 0 saturated heterocycles. The first-order chi connectivity index (χ1) is 8.54. The fraction of sp³-hybridized carbons (Fsp3) is 0.0714. The fourth-order valence-electron chi connectivity index (χ4n) is 1.72. The average molecular weight is 241 g/mol. The minimum Gasteiger partial charge on any atom is -0.399 e. The number of nitrogens with two attached hydrogens (primary N) is 2. The van der Waals surface area contributed by atoms with Crippen molar-refractivity contribution in [1.29, 1.82) is 0 Å². The van der Waals surface area contributed by atoms with Crippen molar-refractivity contribution in [2.24, 2.45) is 0 Å². The van der Waals surface area contributed by atoms with Gasteiger partial charge in [0.2, 0.25) is 0 Å². The normalized spacial score (nSPS) is 10.1. The number of anilines is 3. The molecule has 2 rings (SSSR count). The molecule has 92 valence electrons. The second kappa shape index (κ2) is 4.79. The van der Waals surface area contributed by atoms with Gasteiger partial charge in [0.25, 0.3) is 5.91 Å². The average Bonchev–Trinajstić information content (AvgIpc) is 2.28. The second-order valence-electron chi connectivity index (χ2n) is 4.21. The maximum absolute atomic E-state index is 12.0. The first kappa shape index (κ1) is 12.0. The summed E-state index contributed by atoms with van der Waals surface area (Å²) in [5, 5.41) is 2.80. The van der Waals surface area contributed by atoms with Gasteiger partial charge in [0, 0.05) is 22.6 Å². The minimum atomic E-state index is -0.181. The third kappa shape index (κ3) is 2.79. The van der Waals surface area contributed by atoms with Crippen molar-refractivity contribution in [1.82, 2.24) is 0 Å². The molecule has 0 aromatic heterocycles. The molecule has 18 heavy (non-hydrogen) atoms. The molecule has 2 aromatic rings. The molecule has 0 aliphatic rings. The molecular formula is C14H15N3O. The van der Waals surface area contributed by atoms with Crippen LogP contribution in [0, 0.1) is 6.92 Å². The van der Waals surface area contributed by atoms with Gasteiger partial charge in [-0.05, 0) is 55.0 Å². The fourth-order valence-corrected chi connectivity index (χ4v) is 1.72. The molecule has 0 bridgehead atoms. The maximum Gasteiger partial charge on any atom is 0.255 e. The Bertz CT molecular complexity index is 556. The lowest BCUT2D eigenvalue weighted by Crippen LogP contribution is -2.12. The maximum atomic E-state index is 12.0. The van der Waals surface area contributed by atoms with Crippen LogP contribution in [-0.4, -0.2) is 5.91 Å². The smallest absolute Gasteiger partial charge is 0.255 e. The molecule has 0 aliphatic carbocycles. The van der Waals surface area contributed by atoms with Crippen molar-refractivity contribution in [3.8, 4) is 0 Å². The highest BCUT2D eigenvalue weighted by atomic mass is 16.1. The lowest BCUT2D eigenvalue weighted by atomic mass is 10.1.